The lowest BCUT2D eigenvalue weighted by Crippen LogP contribution is -2.10. The lowest BCUT2D eigenvalue weighted by molar-refractivity contribution is -0.118. The SMILES string of the molecule is CCOc1ncnc(C(C)C(C)=O)c1C. The van der Waals surface area contributed by atoms with Crippen LogP contribution in [0.5, 0.6) is 5.88 Å². The van der Waals surface area contributed by atoms with Crippen molar-refractivity contribution in [1.29, 1.82) is 0 Å². The van der Waals surface area contributed by atoms with E-state index in [0.717, 1.165) is 11.3 Å². The van der Waals surface area contributed by atoms with E-state index in [1.165, 1.54) is 6.33 Å². The Bertz CT molecular complexity index is 364. The van der Waals surface area contributed by atoms with Crippen LogP contribution in [0, 0.1) is 6.92 Å². The van der Waals surface area contributed by atoms with Gasteiger partial charge in [0.1, 0.15) is 12.1 Å². The van der Waals surface area contributed by atoms with Crippen molar-refractivity contribution in [3.63, 3.8) is 0 Å². The van der Waals surface area contributed by atoms with Gasteiger partial charge in [-0.1, -0.05) is 0 Å². The zero-order chi connectivity index (χ0) is 11.4. The van der Waals surface area contributed by atoms with Crippen LogP contribution in [-0.2, 0) is 4.79 Å². The summed E-state index contributed by atoms with van der Waals surface area (Å²) >= 11 is 0. The maximum absolute atomic E-state index is 11.3. The lowest BCUT2D eigenvalue weighted by Gasteiger charge is -2.12. The third-order valence-corrected chi connectivity index (χ3v) is 2.38. The summed E-state index contributed by atoms with van der Waals surface area (Å²) in [5.41, 5.74) is 1.60. The average Bonchev–Trinajstić information content (AvgIpc) is 2.20. The molecule has 4 nitrogen and oxygen atoms in total. The Balaban J connectivity index is 3.08. The number of carbonyl (C=O) groups excluding carboxylic acids is 1. The molecule has 0 aliphatic carbocycles. The van der Waals surface area contributed by atoms with Crippen LogP contribution in [0.1, 0.15) is 37.9 Å². The molecular weight excluding hydrogens is 192 g/mol. The number of Topliss-reactive ketones (excluding diaryl/α,β-unsaturated/α-hetero) is 1. The molecule has 1 heterocycles. The molecule has 4 heteroatoms. The minimum atomic E-state index is -0.202. The first-order chi connectivity index (χ1) is 7.07. The van der Waals surface area contributed by atoms with Crippen molar-refractivity contribution < 1.29 is 9.53 Å². The fourth-order valence-electron chi connectivity index (χ4n) is 1.36. The van der Waals surface area contributed by atoms with Gasteiger partial charge in [0, 0.05) is 5.56 Å². The first-order valence-corrected chi connectivity index (χ1v) is 5.02. The van der Waals surface area contributed by atoms with Crippen molar-refractivity contribution >= 4 is 5.78 Å². The Morgan fingerprint density at radius 2 is 2.20 bits per heavy atom. The van der Waals surface area contributed by atoms with Crippen LogP contribution in [-0.4, -0.2) is 22.4 Å². The zero-order valence-electron chi connectivity index (χ0n) is 9.57. The topological polar surface area (TPSA) is 52.1 Å². The van der Waals surface area contributed by atoms with Crippen molar-refractivity contribution in [2.45, 2.75) is 33.6 Å². The molecule has 0 spiro atoms. The van der Waals surface area contributed by atoms with E-state index in [9.17, 15) is 4.79 Å². The Labute approximate surface area is 89.7 Å². The van der Waals surface area contributed by atoms with Gasteiger partial charge in [0.05, 0.1) is 18.2 Å². The number of nitrogens with zero attached hydrogens (tertiary/aromatic N) is 2. The van der Waals surface area contributed by atoms with Crippen LogP contribution in [0.4, 0.5) is 0 Å². The third kappa shape index (κ3) is 2.52. The van der Waals surface area contributed by atoms with Gasteiger partial charge in [-0.25, -0.2) is 9.97 Å². The summed E-state index contributed by atoms with van der Waals surface area (Å²) in [7, 11) is 0. The van der Waals surface area contributed by atoms with Crippen LogP contribution in [0.25, 0.3) is 0 Å². The first-order valence-electron chi connectivity index (χ1n) is 5.02. The number of ketones is 1. The van der Waals surface area contributed by atoms with Crippen LogP contribution in [0.15, 0.2) is 6.33 Å². The molecule has 0 N–H and O–H groups in total. The number of carbonyl (C=O) groups is 1. The highest BCUT2D eigenvalue weighted by Gasteiger charge is 2.17. The molecule has 0 aliphatic heterocycles. The van der Waals surface area contributed by atoms with Crippen LogP contribution in [0.2, 0.25) is 0 Å². The van der Waals surface area contributed by atoms with Crippen LogP contribution < -0.4 is 4.74 Å². The van der Waals surface area contributed by atoms with Crippen molar-refractivity contribution in [2.24, 2.45) is 0 Å². The second-order valence-corrected chi connectivity index (χ2v) is 3.45. The minimum absolute atomic E-state index is 0.0965. The number of hydrogen-bond acceptors (Lipinski definition) is 4. The summed E-state index contributed by atoms with van der Waals surface area (Å²) in [5.74, 6) is 0.460. The van der Waals surface area contributed by atoms with Gasteiger partial charge in [0.25, 0.3) is 0 Å². The second kappa shape index (κ2) is 4.87. The fourth-order valence-corrected chi connectivity index (χ4v) is 1.36. The number of hydrogen-bond donors (Lipinski definition) is 0. The first kappa shape index (κ1) is 11.6. The second-order valence-electron chi connectivity index (χ2n) is 3.45. The van der Waals surface area contributed by atoms with Crippen molar-refractivity contribution in [3.05, 3.63) is 17.6 Å². The highest BCUT2D eigenvalue weighted by Crippen LogP contribution is 2.23. The molecule has 15 heavy (non-hydrogen) atoms. The maximum Gasteiger partial charge on any atom is 0.219 e. The molecule has 1 rings (SSSR count). The number of rotatable bonds is 4. The van der Waals surface area contributed by atoms with Gasteiger partial charge in [0.15, 0.2) is 0 Å². The molecule has 0 aliphatic rings. The predicted molar refractivity (Wildman–Crippen MR) is 57.0 cm³/mol. The van der Waals surface area contributed by atoms with E-state index >= 15 is 0 Å². The molecular formula is C11H16N2O2. The van der Waals surface area contributed by atoms with Gasteiger partial charge in [0.2, 0.25) is 5.88 Å². The standard InChI is InChI=1S/C11H16N2O2/c1-5-15-11-8(3)10(12-6-13-11)7(2)9(4)14/h6-7H,5H2,1-4H3. The van der Waals surface area contributed by atoms with Gasteiger partial charge in [-0.2, -0.15) is 0 Å². The third-order valence-electron chi connectivity index (χ3n) is 2.38. The van der Waals surface area contributed by atoms with Crippen molar-refractivity contribution in [2.75, 3.05) is 6.61 Å². The largest absolute Gasteiger partial charge is 0.478 e. The molecule has 1 aromatic heterocycles. The molecule has 0 aromatic carbocycles. The quantitative estimate of drug-likeness (QED) is 0.758. The molecule has 1 unspecified atom stereocenters. The normalized spacial score (nSPS) is 12.3. The van der Waals surface area contributed by atoms with E-state index in [1.54, 1.807) is 6.92 Å². The highest BCUT2D eigenvalue weighted by molar-refractivity contribution is 5.82. The van der Waals surface area contributed by atoms with Crippen LogP contribution >= 0.6 is 0 Å². The van der Waals surface area contributed by atoms with E-state index in [0.29, 0.717) is 12.5 Å². The van der Waals surface area contributed by atoms with E-state index in [1.807, 2.05) is 20.8 Å². The van der Waals surface area contributed by atoms with Crippen LogP contribution in [0.3, 0.4) is 0 Å². The maximum atomic E-state index is 11.3. The van der Waals surface area contributed by atoms with Gasteiger partial charge in [-0.3, -0.25) is 4.79 Å². The monoisotopic (exact) mass is 208 g/mol. The summed E-state index contributed by atoms with van der Waals surface area (Å²) in [4.78, 5) is 19.4. The molecule has 0 fully saturated rings. The van der Waals surface area contributed by atoms with E-state index in [-0.39, 0.29) is 11.7 Å². The van der Waals surface area contributed by atoms with Gasteiger partial charge in [-0.05, 0) is 27.7 Å². The summed E-state index contributed by atoms with van der Waals surface area (Å²) in [6, 6.07) is 0. The summed E-state index contributed by atoms with van der Waals surface area (Å²) in [5, 5.41) is 0. The summed E-state index contributed by atoms with van der Waals surface area (Å²) in [6.07, 6.45) is 1.44. The Morgan fingerprint density at radius 3 is 2.73 bits per heavy atom. The van der Waals surface area contributed by atoms with Gasteiger partial charge >= 0.3 is 0 Å². The van der Waals surface area contributed by atoms with Crippen molar-refractivity contribution in [1.82, 2.24) is 9.97 Å². The molecule has 1 aromatic rings. The van der Waals surface area contributed by atoms with Gasteiger partial charge in [-0.15, -0.1) is 0 Å². The average molecular weight is 208 g/mol. The van der Waals surface area contributed by atoms with E-state index < -0.39 is 0 Å². The summed E-state index contributed by atoms with van der Waals surface area (Å²) < 4.78 is 5.34. The number of aromatic nitrogens is 2. The molecule has 0 saturated carbocycles. The Morgan fingerprint density at radius 1 is 1.53 bits per heavy atom. The molecule has 0 saturated heterocycles. The molecule has 0 bridgehead atoms. The highest BCUT2D eigenvalue weighted by atomic mass is 16.5. The summed E-state index contributed by atoms with van der Waals surface area (Å²) in [6.45, 7) is 7.74. The smallest absolute Gasteiger partial charge is 0.219 e. The lowest BCUT2D eigenvalue weighted by atomic mass is 10.00. The molecule has 82 valence electrons. The van der Waals surface area contributed by atoms with E-state index in [4.69, 9.17) is 4.74 Å². The Hall–Kier alpha value is -1.45. The zero-order valence-corrected chi connectivity index (χ0v) is 9.57. The molecule has 1 atom stereocenters. The van der Waals surface area contributed by atoms with Crippen molar-refractivity contribution in [3.8, 4) is 5.88 Å². The molecule has 0 amide bonds. The predicted octanol–water partition coefficient (Wildman–Crippen LogP) is 1.88. The van der Waals surface area contributed by atoms with E-state index in [2.05, 4.69) is 9.97 Å². The van der Waals surface area contributed by atoms with Gasteiger partial charge < -0.3 is 4.74 Å². The molecule has 0 radical (unpaired) electrons. The Kier molecular flexibility index (Phi) is 3.77. The number of ether oxygens (including phenoxy) is 1. The minimum Gasteiger partial charge on any atom is -0.478 e. The fraction of sp³-hybridized carbons (Fsp3) is 0.545.